The first-order chi connectivity index (χ1) is 13.5. The predicted octanol–water partition coefficient (Wildman–Crippen LogP) is 1.75. The first-order valence-corrected chi connectivity index (χ1v) is 9.55. The third-order valence-corrected chi connectivity index (χ3v) is 5.72. The molecule has 1 aliphatic carbocycles. The van der Waals surface area contributed by atoms with E-state index in [0.29, 0.717) is 23.8 Å². The molecule has 0 unspecified atom stereocenters. The van der Waals surface area contributed by atoms with Gasteiger partial charge in [0.1, 0.15) is 23.6 Å². The van der Waals surface area contributed by atoms with Crippen molar-refractivity contribution in [3.8, 4) is 0 Å². The van der Waals surface area contributed by atoms with Gasteiger partial charge in [-0.2, -0.15) is 0 Å². The van der Waals surface area contributed by atoms with Crippen molar-refractivity contribution in [2.24, 2.45) is 18.9 Å². The van der Waals surface area contributed by atoms with Gasteiger partial charge >= 0.3 is 6.03 Å². The molecule has 5 rings (SSSR count). The van der Waals surface area contributed by atoms with Gasteiger partial charge in [0.05, 0.1) is 5.39 Å². The number of fused-ring (bicyclic) bond motifs is 2. The molecule has 0 spiro atoms. The Morgan fingerprint density at radius 3 is 2.75 bits per heavy atom. The fourth-order valence-electron chi connectivity index (χ4n) is 4.51. The Morgan fingerprint density at radius 2 is 2.04 bits per heavy atom. The fraction of sp³-hybridized carbons (Fsp3) is 0.500. The van der Waals surface area contributed by atoms with E-state index < -0.39 is 0 Å². The van der Waals surface area contributed by atoms with Crippen LogP contribution in [0.1, 0.15) is 18.7 Å². The summed E-state index contributed by atoms with van der Waals surface area (Å²) < 4.78 is 1.57. The van der Waals surface area contributed by atoms with Gasteiger partial charge in [0, 0.05) is 32.4 Å². The topological polar surface area (TPSA) is 117 Å². The number of nitrogens with zero attached hydrogens (tertiary/aromatic N) is 6. The molecule has 3 N–H and O–H groups in total. The zero-order chi connectivity index (χ0) is 19.3. The van der Waals surface area contributed by atoms with Gasteiger partial charge in [0.2, 0.25) is 5.95 Å². The van der Waals surface area contributed by atoms with Gasteiger partial charge in [-0.15, -0.1) is 5.10 Å². The molecular weight excluding hydrogens is 358 g/mol. The fourth-order valence-corrected chi connectivity index (χ4v) is 4.51. The molecule has 0 radical (unpaired) electrons. The summed E-state index contributed by atoms with van der Waals surface area (Å²) in [6.45, 7) is 3.44. The predicted molar refractivity (Wildman–Crippen MR) is 104 cm³/mol. The van der Waals surface area contributed by atoms with E-state index in [2.05, 4.69) is 35.7 Å². The van der Waals surface area contributed by atoms with Gasteiger partial charge in [-0.25, -0.2) is 19.7 Å². The number of hydrogen-bond donors (Lipinski definition) is 3. The standard InChI is InChI=1S/C18H23N9O/c1-10-21-15-14(3-4-19-15)16(22-10)23-13-5-11-7-27(8-12(11)6-13)18(28)24-17-20-9-26(2)25-17/h3-4,9,11-13H,5-8H2,1-2H3,(H,24,25,28)(H2,19,21,22,23)/t11-,12+,13-. The maximum absolute atomic E-state index is 12.5. The summed E-state index contributed by atoms with van der Waals surface area (Å²) in [6, 6.07) is 2.25. The van der Waals surface area contributed by atoms with Crippen LogP contribution in [0, 0.1) is 18.8 Å². The van der Waals surface area contributed by atoms with E-state index in [1.165, 1.54) is 0 Å². The summed E-state index contributed by atoms with van der Waals surface area (Å²) in [5.74, 6) is 3.00. The van der Waals surface area contributed by atoms with Gasteiger partial charge in [-0.3, -0.25) is 10.00 Å². The maximum Gasteiger partial charge on any atom is 0.324 e. The highest BCUT2D eigenvalue weighted by molar-refractivity contribution is 5.88. The number of aromatic nitrogens is 6. The number of nitrogens with one attached hydrogen (secondary N) is 3. The average Bonchev–Trinajstić information content (AvgIpc) is 3.38. The molecule has 0 bridgehead atoms. The number of rotatable bonds is 3. The summed E-state index contributed by atoms with van der Waals surface area (Å²) in [7, 11) is 1.77. The van der Waals surface area contributed by atoms with E-state index in [-0.39, 0.29) is 6.03 Å². The lowest BCUT2D eigenvalue weighted by Gasteiger charge is -2.20. The minimum atomic E-state index is -0.120. The van der Waals surface area contributed by atoms with Crippen molar-refractivity contribution in [2.75, 3.05) is 23.7 Å². The number of hydrogen-bond acceptors (Lipinski definition) is 6. The lowest BCUT2D eigenvalue weighted by molar-refractivity contribution is 0.218. The van der Waals surface area contributed by atoms with Crippen LogP contribution in [0.3, 0.4) is 0 Å². The van der Waals surface area contributed by atoms with Gasteiger partial charge in [-0.1, -0.05) is 0 Å². The van der Waals surface area contributed by atoms with Crippen molar-refractivity contribution >= 4 is 28.8 Å². The van der Waals surface area contributed by atoms with Crippen LogP contribution in [-0.4, -0.2) is 59.8 Å². The van der Waals surface area contributed by atoms with E-state index in [1.54, 1.807) is 18.1 Å². The molecule has 2 fully saturated rings. The number of carbonyl (C=O) groups is 1. The molecule has 10 heteroatoms. The molecule has 28 heavy (non-hydrogen) atoms. The summed E-state index contributed by atoms with van der Waals surface area (Å²) >= 11 is 0. The van der Waals surface area contributed by atoms with Crippen LogP contribution < -0.4 is 10.6 Å². The molecule has 3 aromatic rings. The molecule has 1 saturated heterocycles. The highest BCUT2D eigenvalue weighted by atomic mass is 16.2. The van der Waals surface area contributed by atoms with E-state index in [1.807, 2.05) is 24.1 Å². The number of likely N-dealkylation sites (tertiary alicyclic amines) is 1. The van der Waals surface area contributed by atoms with Crippen molar-refractivity contribution in [3.63, 3.8) is 0 Å². The zero-order valence-electron chi connectivity index (χ0n) is 15.9. The minimum absolute atomic E-state index is 0.120. The van der Waals surface area contributed by atoms with Crippen molar-refractivity contribution in [1.82, 2.24) is 34.6 Å². The molecule has 4 heterocycles. The van der Waals surface area contributed by atoms with Gasteiger partial charge in [0.15, 0.2) is 0 Å². The van der Waals surface area contributed by atoms with E-state index in [0.717, 1.165) is 48.6 Å². The Labute approximate surface area is 161 Å². The van der Waals surface area contributed by atoms with Crippen LogP contribution in [0.4, 0.5) is 16.6 Å². The van der Waals surface area contributed by atoms with Crippen LogP contribution in [0.5, 0.6) is 0 Å². The van der Waals surface area contributed by atoms with Crippen LogP contribution in [0.15, 0.2) is 18.6 Å². The van der Waals surface area contributed by atoms with Crippen LogP contribution in [0.2, 0.25) is 0 Å². The number of H-pyrrole nitrogens is 1. The highest BCUT2D eigenvalue weighted by Crippen LogP contribution is 2.39. The molecule has 3 aromatic heterocycles. The second-order valence-corrected chi connectivity index (χ2v) is 7.77. The van der Waals surface area contributed by atoms with E-state index in [9.17, 15) is 4.79 Å². The lowest BCUT2D eigenvalue weighted by atomic mass is 10.0. The molecule has 0 aromatic carbocycles. The molecule has 2 aliphatic rings. The van der Waals surface area contributed by atoms with Gasteiger partial charge in [0.25, 0.3) is 0 Å². The smallest absolute Gasteiger partial charge is 0.324 e. The quantitative estimate of drug-likeness (QED) is 0.636. The van der Waals surface area contributed by atoms with Crippen LogP contribution in [0.25, 0.3) is 11.0 Å². The number of amides is 2. The number of aryl methyl sites for hydroxylation is 2. The number of carbonyl (C=O) groups excluding carboxylic acids is 1. The van der Waals surface area contributed by atoms with Crippen molar-refractivity contribution in [2.45, 2.75) is 25.8 Å². The molecule has 10 nitrogen and oxygen atoms in total. The van der Waals surface area contributed by atoms with E-state index in [4.69, 9.17) is 0 Å². The third kappa shape index (κ3) is 3.04. The SMILES string of the molecule is Cc1nc(N[C@@H]2C[C@@H]3CN(C(=O)Nc4ncn(C)n4)C[C@@H]3C2)c2cc[nH]c2n1. The Balaban J connectivity index is 1.21. The maximum atomic E-state index is 12.5. The molecule has 1 saturated carbocycles. The largest absolute Gasteiger partial charge is 0.367 e. The molecule has 2 amide bonds. The lowest BCUT2D eigenvalue weighted by Crippen LogP contribution is -2.35. The van der Waals surface area contributed by atoms with Crippen LogP contribution >= 0.6 is 0 Å². The monoisotopic (exact) mass is 381 g/mol. The van der Waals surface area contributed by atoms with Crippen molar-refractivity contribution in [1.29, 1.82) is 0 Å². The number of aromatic amines is 1. The van der Waals surface area contributed by atoms with E-state index >= 15 is 0 Å². The third-order valence-electron chi connectivity index (χ3n) is 5.72. The first kappa shape index (κ1) is 17.0. The molecule has 146 valence electrons. The number of urea groups is 1. The average molecular weight is 381 g/mol. The normalized spacial score (nSPS) is 23.9. The second kappa shape index (κ2) is 6.47. The van der Waals surface area contributed by atoms with Gasteiger partial charge in [-0.05, 0) is 37.7 Å². The summed E-state index contributed by atoms with van der Waals surface area (Å²) in [6.07, 6.45) is 5.53. The highest BCUT2D eigenvalue weighted by Gasteiger charge is 2.42. The van der Waals surface area contributed by atoms with Gasteiger partial charge < -0.3 is 15.2 Å². The Kier molecular flexibility index (Phi) is 3.92. The van der Waals surface area contributed by atoms with Crippen molar-refractivity contribution < 1.29 is 4.79 Å². The zero-order valence-corrected chi connectivity index (χ0v) is 15.9. The molecular formula is C18H23N9O. The Morgan fingerprint density at radius 1 is 1.25 bits per heavy atom. The Bertz CT molecular complexity index is 1010. The minimum Gasteiger partial charge on any atom is -0.367 e. The molecule has 3 atom stereocenters. The summed E-state index contributed by atoms with van der Waals surface area (Å²) in [5, 5.41) is 11.5. The number of anilines is 2. The second-order valence-electron chi connectivity index (χ2n) is 7.77. The summed E-state index contributed by atoms with van der Waals surface area (Å²) in [5.41, 5.74) is 0.860. The van der Waals surface area contributed by atoms with Crippen molar-refractivity contribution in [3.05, 3.63) is 24.4 Å². The summed E-state index contributed by atoms with van der Waals surface area (Å²) in [4.78, 5) is 30.6. The Hall–Kier alpha value is -3.17. The first-order valence-electron chi connectivity index (χ1n) is 9.55. The molecule has 1 aliphatic heterocycles. The van der Waals surface area contributed by atoms with Crippen LogP contribution in [-0.2, 0) is 7.05 Å².